The maximum absolute atomic E-state index is 13.5. The average Bonchev–Trinajstić information content (AvgIpc) is 2.91. The van der Waals surface area contributed by atoms with Crippen LogP contribution in [0.1, 0.15) is 31.7 Å². The number of nitrogens with one attached hydrogen (secondary N) is 1. The van der Waals surface area contributed by atoms with Crippen molar-refractivity contribution < 1.29 is 19.5 Å². The first-order valence-corrected chi connectivity index (χ1v) is 9.14. The Bertz CT molecular complexity index is 740. The number of para-hydroxylation sites is 1. The molecule has 4 fully saturated rings. The molecule has 6 nitrogen and oxygen atoms in total. The highest BCUT2D eigenvalue weighted by Crippen LogP contribution is 2.57. The van der Waals surface area contributed by atoms with Gasteiger partial charge in [-0.05, 0) is 24.5 Å². The third-order valence-electron chi connectivity index (χ3n) is 6.99. The number of rotatable bonds is 2. The topological polar surface area (TPSA) is 71.0 Å². The smallest absolute Gasteiger partial charge is 0.264 e. The molecule has 6 heteroatoms. The van der Waals surface area contributed by atoms with Crippen LogP contribution in [0.2, 0.25) is 0 Å². The van der Waals surface area contributed by atoms with Gasteiger partial charge in [0.15, 0.2) is 0 Å². The van der Waals surface area contributed by atoms with Crippen LogP contribution < -0.4 is 10.4 Å². The molecular formula is C19H24N2O4. The number of nitrogens with zero attached hydrogens (tertiary/aromatic N) is 1. The molecule has 25 heavy (non-hydrogen) atoms. The van der Waals surface area contributed by atoms with E-state index in [9.17, 15) is 9.90 Å². The molecule has 1 aromatic carbocycles. The van der Waals surface area contributed by atoms with Crippen molar-refractivity contribution in [2.75, 3.05) is 18.8 Å². The van der Waals surface area contributed by atoms with E-state index in [4.69, 9.17) is 9.57 Å². The molecule has 6 atom stereocenters. The van der Waals surface area contributed by atoms with Crippen LogP contribution in [0.25, 0.3) is 0 Å². The lowest BCUT2D eigenvalue weighted by atomic mass is 9.70. The van der Waals surface area contributed by atoms with Crippen molar-refractivity contribution in [1.29, 1.82) is 0 Å². The molecule has 0 radical (unpaired) electrons. The van der Waals surface area contributed by atoms with E-state index in [2.05, 4.69) is 12.2 Å². The number of fused-ring (bicyclic) bond motifs is 2. The van der Waals surface area contributed by atoms with Gasteiger partial charge < -0.3 is 15.2 Å². The highest BCUT2D eigenvalue weighted by molar-refractivity contribution is 6.07. The number of aliphatic hydroxyl groups is 1. The molecular weight excluding hydrogens is 320 g/mol. The lowest BCUT2D eigenvalue weighted by Crippen LogP contribution is -2.58. The number of anilines is 1. The molecule has 1 aliphatic carbocycles. The van der Waals surface area contributed by atoms with Crippen molar-refractivity contribution in [3.05, 3.63) is 29.8 Å². The number of hydrogen-bond acceptors (Lipinski definition) is 5. The highest BCUT2D eigenvalue weighted by Gasteiger charge is 2.69. The van der Waals surface area contributed by atoms with Gasteiger partial charge in [-0.2, -0.15) is 5.06 Å². The Hall–Kier alpha value is -1.47. The Morgan fingerprint density at radius 2 is 2.20 bits per heavy atom. The third-order valence-corrected chi connectivity index (χ3v) is 6.99. The standard InChI is InChI=1S/C19H24N2O4/c1-3-15-19(23)9-16-18(8-13(20-15)12(19)10-25-16)11-6-4-5-7-14(11)21(24-2)17(18)22/h4-7,12-13,15-16,20,23H,3,8-10H2,1-2H3. The summed E-state index contributed by atoms with van der Waals surface area (Å²) in [7, 11) is 1.52. The predicted molar refractivity (Wildman–Crippen MR) is 91.0 cm³/mol. The fraction of sp³-hybridized carbons (Fsp3) is 0.632. The largest absolute Gasteiger partial charge is 0.388 e. The van der Waals surface area contributed by atoms with Crippen LogP contribution in [0.4, 0.5) is 5.69 Å². The van der Waals surface area contributed by atoms with Crippen molar-refractivity contribution in [3.63, 3.8) is 0 Å². The monoisotopic (exact) mass is 344 g/mol. The molecule has 1 saturated carbocycles. The molecule has 0 aromatic heterocycles. The molecule has 1 amide bonds. The van der Waals surface area contributed by atoms with Crippen LogP contribution in [0.3, 0.4) is 0 Å². The van der Waals surface area contributed by atoms with Gasteiger partial charge in [0.25, 0.3) is 5.91 Å². The Morgan fingerprint density at radius 3 is 2.96 bits per heavy atom. The van der Waals surface area contributed by atoms with Crippen LogP contribution in [-0.4, -0.2) is 48.5 Å². The number of hydrogen-bond donors (Lipinski definition) is 2. The Morgan fingerprint density at radius 1 is 1.40 bits per heavy atom. The molecule has 6 unspecified atom stereocenters. The molecule has 3 saturated heterocycles. The zero-order valence-corrected chi connectivity index (χ0v) is 14.6. The lowest BCUT2D eigenvalue weighted by Gasteiger charge is -2.44. The van der Waals surface area contributed by atoms with Gasteiger partial charge in [-0.3, -0.25) is 9.63 Å². The quantitative estimate of drug-likeness (QED) is 0.841. The van der Waals surface area contributed by atoms with E-state index in [1.165, 1.54) is 12.2 Å². The van der Waals surface area contributed by atoms with E-state index in [0.717, 1.165) is 17.7 Å². The molecule has 4 heterocycles. The van der Waals surface area contributed by atoms with Crippen LogP contribution in [0.15, 0.2) is 24.3 Å². The summed E-state index contributed by atoms with van der Waals surface area (Å²) in [5.41, 5.74) is 0.154. The summed E-state index contributed by atoms with van der Waals surface area (Å²) in [5, 5.41) is 16.5. The second-order valence-corrected chi connectivity index (χ2v) is 7.83. The maximum Gasteiger partial charge on any atom is 0.264 e. The molecule has 2 N–H and O–H groups in total. The summed E-state index contributed by atoms with van der Waals surface area (Å²) in [6.07, 6.45) is 1.66. The second kappa shape index (κ2) is 5.04. The van der Waals surface area contributed by atoms with Crippen LogP contribution in [0.5, 0.6) is 0 Å². The molecule has 5 aliphatic rings. The van der Waals surface area contributed by atoms with Gasteiger partial charge in [-0.15, -0.1) is 0 Å². The Labute approximate surface area is 147 Å². The first-order chi connectivity index (χ1) is 12.1. The number of ether oxygens (including phenoxy) is 1. The summed E-state index contributed by atoms with van der Waals surface area (Å²) < 4.78 is 6.20. The lowest BCUT2D eigenvalue weighted by molar-refractivity contribution is -0.157. The van der Waals surface area contributed by atoms with Gasteiger partial charge in [0, 0.05) is 24.4 Å². The molecule has 1 spiro atoms. The zero-order valence-electron chi connectivity index (χ0n) is 14.6. The molecule has 1 aromatic rings. The third kappa shape index (κ3) is 1.71. The average molecular weight is 344 g/mol. The van der Waals surface area contributed by atoms with Crippen molar-refractivity contribution in [2.45, 2.75) is 55.4 Å². The van der Waals surface area contributed by atoms with Crippen molar-refractivity contribution >= 4 is 11.6 Å². The van der Waals surface area contributed by atoms with Crippen molar-refractivity contribution in [3.8, 4) is 0 Å². The SMILES string of the molecule is CCC1NC2CC3(C(=O)N(OC)c4ccccc43)C3CC1(O)C2CO3. The van der Waals surface area contributed by atoms with Crippen LogP contribution in [-0.2, 0) is 19.8 Å². The van der Waals surface area contributed by atoms with Crippen LogP contribution >= 0.6 is 0 Å². The highest BCUT2D eigenvalue weighted by atomic mass is 16.7. The molecule has 4 aliphatic heterocycles. The van der Waals surface area contributed by atoms with Gasteiger partial charge >= 0.3 is 0 Å². The van der Waals surface area contributed by atoms with Crippen molar-refractivity contribution in [1.82, 2.24) is 5.32 Å². The number of hydroxylamine groups is 1. The number of amides is 1. The van der Waals surface area contributed by atoms with Gasteiger partial charge in [-0.1, -0.05) is 25.1 Å². The summed E-state index contributed by atoms with van der Waals surface area (Å²) in [6.45, 7) is 2.60. The second-order valence-electron chi connectivity index (χ2n) is 7.83. The Kier molecular flexibility index (Phi) is 3.18. The summed E-state index contributed by atoms with van der Waals surface area (Å²) in [6, 6.07) is 7.92. The Balaban J connectivity index is 1.68. The summed E-state index contributed by atoms with van der Waals surface area (Å²) in [5.74, 6) is -0.0440. The summed E-state index contributed by atoms with van der Waals surface area (Å²) in [4.78, 5) is 18.9. The fourth-order valence-corrected chi connectivity index (χ4v) is 5.85. The van der Waals surface area contributed by atoms with E-state index in [0.29, 0.717) is 19.4 Å². The molecule has 6 rings (SSSR count). The van der Waals surface area contributed by atoms with E-state index < -0.39 is 11.0 Å². The maximum atomic E-state index is 13.5. The first kappa shape index (κ1) is 15.8. The van der Waals surface area contributed by atoms with E-state index in [-0.39, 0.29) is 30.0 Å². The van der Waals surface area contributed by atoms with Gasteiger partial charge in [0.2, 0.25) is 0 Å². The minimum absolute atomic E-state index is 0.0321. The predicted octanol–water partition coefficient (Wildman–Crippen LogP) is 1.12. The van der Waals surface area contributed by atoms with E-state index in [1.54, 1.807) is 0 Å². The van der Waals surface area contributed by atoms with Gasteiger partial charge in [-0.25, -0.2) is 0 Å². The fourth-order valence-electron chi connectivity index (χ4n) is 5.85. The number of carbonyl (C=O) groups is 1. The first-order valence-electron chi connectivity index (χ1n) is 9.14. The molecule has 4 bridgehead atoms. The van der Waals surface area contributed by atoms with Gasteiger partial charge in [0.05, 0.1) is 31.1 Å². The van der Waals surface area contributed by atoms with E-state index in [1.807, 2.05) is 24.3 Å². The molecule has 134 valence electrons. The minimum atomic E-state index is -0.804. The number of benzene rings is 1. The van der Waals surface area contributed by atoms with E-state index >= 15 is 0 Å². The number of carbonyl (C=O) groups excluding carboxylic acids is 1. The van der Waals surface area contributed by atoms with Gasteiger partial charge in [0.1, 0.15) is 5.41 Å². The summed E-state index contributed by atoms with van der Waals surface area (Å²) >= 11 is 0. The normalized spacial score (nSPS) is 44.4. The van der Waals surface area contributed by atoms with Crippen molar-refractivity contribution in [2.24, 2.45) is 5.92 Å². The minimum Gasteiger partial charge on any atom is -0.388 e. The van der Waals surface area contributed by atoms with Crippen LogP contribution in [0, 0.1) is 5.92 Å². The zero-order chi connectivity index (χ0) is 17.4.